The van der Waals surface area contributed by atoms with Crippen molar-refractivity contribution in [2.24, 2.45) is 5.92 Å². The van der Waals surface area contributed by atoms with Crippen molar-refractivity contribution in [3.05, 3.63) is 42.2 Å². The van der Waals surface area contributed by atoms with Crippen LogP contribution in [0.15, 0.2) is 41.8 Å². The molecule has 2 N–H and O–H groups in total. The lowest BCUT2D eigenvalue weighted by atomic mass is 10.0. The smallest absolute Gasteiger partial charge is 0.230 e. The molecule has 0 fully saturated rings. The minimum atomic E-state index is -0.0357. The number of imidazole rings is 1. The number of para-hydroxylation sites is 1. The average molecular weight is 347 g/mol. The van der Waals surface area contributed by atoms with E-state index in [1.807, 2.05) is 42.8 Å². The molecular weight excluding hydrogens is 322 g/mol. The molecule has 2 aromatic rings. The van der Waals surface area contributed by atoms with Crippen LogP contribution in [0.25, 0.3) is 5.69 Å². The van der Waals surface area contributed by atoms with Gasteiger partial charge in [0.1, 0.15) is 0 Å². The molecule has 6 heteroatoms. The molecule has 0 aliphatic rings. The van der Waals surface area contributed by atoms with Crippen molar-refractivity contribution in [2.45, 2.75) is 38.4 Å². The molecule has 1 amide bonds. The average Bonchev–Trinajstić information content (AvgIpc) is 3.01. The van der Waals surface area contributed by atoms with E-state index >= 15 is 0 Å². The number of hydrogen-bond donors (Lipinski definition) is 2. The van der Waals surface area contributed by atoms with Gasteiger partial charge < -0.3 is 10.4 Å². The fourth-order valence-corrected chi connectivity index (χ4v) is 3.28. The number of carbonyl (C=O) groups excluding carboxylic acids is 1. The molecule has 2 rings (SSSR count). The van der Waals surface area contributed by atoms with Gasteiger partial charge in [0.15, 0.2) is 5.16 Å². The van der Waals surface area contributed by atoms with Crippen molar-refractivity contribution in [1.82, 2.24) is 14.9 Å². The van der Waals surface area contributed by atoms with E-state index in [9.17, 15) is 4.79 Å². The van der Waals surface area contributed by atoms with Gasteiger partial charge in [0, 0.05) is 25.0 Å². The number of nitrogens with one attached hydrogen (secondary N) is 1. The molecule has 130 valence electrons. The molecule has 0 bridgehead atoms. The van der Waals surface area contributed by atoms with Gasteiger partial charge in [-0.05, 0) is 30.9 Å². The third kappa shape index (κ3) is 4.85. The molecule has 1 heterocycles. The molecule has 24 heavy (non-hydrogen) atoms. The predicted octanol–water partition coefficient (Wildman–Crippen LogP) is 2.80. The van der Waals surface area contributed by atoms with Crippen LogP contribution in [-0.4, -0.2) is 39.0 Å². The van der Waals surface area contributed by atoms with Crippen LogP contribution < -0.4 is 5.32 Å². The van der Waals surface area contributed by atoms with Gasteiger partial charge in [-0.15, -0.1) is 0 Å². The van der Waals surface area contributed by atoms with Gasteiger partial charge in [0.05, 0.1) is 11.4 Å². The Hall–Kier alpha value is -1.79. The summed E-state index contributed by atoms with van der Waals surface area (Å²) in [6.45, 7) is 6.21. The van der Waals surface area contributed by atoms with Crippen molar-refractivity contribution in [2.75, 3.05) is 12.4 Å². The summed E-state index contributed by atoms with van der Waals surface area (Å²) in [6.07, 6.45) is 4.23. The number of rotatable bonds is 8. The zero-order valence-electron chi connectivity index (χ0n) is 14.4. The molecule has 1 atom stereocenters. The third-order valence-electron chi connectivity index (χ3n) is 3.91. The predicted molar refractivity (Wildman–Crippen MR) is 97.5 cm³/mol. The first-order valence-electron chi connectivity index (χ1n) is 8.15. The molecule has 5 nitrogen and oxygen atoms in total. The Bertz CT molecular complexity index is 670. The monoisotopic (exact) mass is 347 g/mol. The number of aromatic nitrogens is 2. The standard InChI is InChI=1S/C18H25N3O2S/c1-13(2)15(8-11-22)20-17(23)12-24-18-19-9-10-21(18)16-7-5-4-6-14(16)3/h4-7,9-10,13,15,22H,8,11-12H2,1-3H3,(H,20,23). The highest BCUT2D eigenvalue weighted by Crippen LogP contribution is 2.22. The number of hydrogen-bond acceptors (Lipinski definition) is 4. The molecule has 0 saturated heterocycles. The maximum Gasteiger partial charge on any atom is 0.230 e. The molecule has 0 spiro atoms. The summed E-state index contributed by atoms with van der Waals surface area (Å²) in [7, 11) is 0. The van der Waals surface area contributed by atoms with E-state index in [2.05, 4.69) is 23.3 Å². The Labute approximate surface area is 147 Å². The molecule has 0 radical (unpaired) electrons. The fourth-order valence-electron chi connectivity index (χ4n) is 2.50. The van der Waals surface area contributed by atoms with Crippen LogP contribution in [0.2, 0.25) is 0 Å². The normalized spacial score (nSPS) is 12.4. The molecule has 1 unspecified atom stereocenters. The van der Waals surface area contributed by atoms with Gasteiger partial charge in [-0.2, -0.15) is 0 Å². The minimum Gasteiger partial charge on any atom is -0.396 e. The second-order valence-electron chi connectivity index (χ2n) is 6.09. The summed E-state index contributed by atoms with van der Waals surface area (Å²) in [4.78, 5) is 16.6. The number of carbonyl (C=O) groups is 1. The lowest BCUT2D eigenvalue weighted by molar-refractivity contribution is -0.119. The topological polar surface area (TPSA) is 67.2 Å². The molecule has 0 aliphatic carbocycles. The van der Waals surface area contributed by atoms with Gasteiger partial charge in [0.25, 0.3) is 0 Å². The Morgan fingerprint density at radius 1 is 1.38 bits per heavy atom. The highest BCUT2D eigenvalue weighted by atomic mass is 32.2. The number of benzene rings is 1. The van der Waals surface area contributed by atoms with Crippen molar-refractivity contribution in [3.63, 3.8) is 0 Å². The van der Waals surface area contributed by atoms with Crippen molar-refractivity contribution < 1.29 is 9.90 Å². The van der Waals surface area contributed by atoms with Crippen LogP contribution in [0, 0.1) is 12.8 Å². The summed E-state index contributed by atoms with van der Waals surface area (Å²) in [5.74, 6) is 0.559. The van der Waals surface area contributed by atoms with Crippen LogP contribution in [0.4, 0.5) is 0 Å². The number of nitrogens with zero attached hydrogens (tertiary/aromatic N) is 2. The Morgan fingerprint density at radius 2 is 2.12 bits per heavy atom. The van der Waals surface area contributed by atoms with Crippen molar-refractivity contribution >= 4 is 17.7 Å². The number of amides is 1. The quantitative estimate of drug-likeness (QED) is 0.721. The van der Waals surface area contributed by atoms with E-state index < -0.39 is 0 Å². The highest BCUT2D eigenvalue weighted by Gasteiger charge is 2.16. The molecule has 1 aromatic heterocycles. The van der Waals surface area contributed by atoms with Crippen LogP contribution >= 0.6 is 11.8 Å². The van der Waals surface area contributed by atoms with Crippen LogP contribution in [0.5, 0.6) is 0 Å². The number of aliphatic hydroxyl groups excluding tert-OH is 1. The Balaban J connectivity index is 1.99. The van der Waals surface area contributed by atoms with Crippen molar-refractivity contribution in [1.29, 1.82) is 0 Å². The second-order valence-corrected chi connectivity index (χ2v) is 7.03. The van der Waals surface area contributed by atoms with Gasteiger partial charge in [-0.25, -0.2) is 4.98 Å². The zero-order chi connectivity index (χ0) is 17.5. The molecule has 0 aliphatic heterocycles. The van der Waals surface area contributed by atoms with Gasteiger partial charge >= 0.3 is 0 Å². The fraction of sp³-hybridized carbons (Fsp3) is 0.444. The number of aryl methyl sites for hydroxylation is 1. The van der Waals surface area contributed by atoms with Gasteiger partial charge in [0.2, 0.25) is 5.91 Å². The van der Waals surface area contributed by atoms with E-state index in [1.54, 1.807) is 6.20 Å². The number of thioether (sulfide) groups is 1. The minimum absolute atomic E-state index is 0.000729. The van der Waals surface area contributed by atoms with E-state index in [0.29, 0.717) is 18.1 Å². The van der Waals surface area contributed by atoms with Crippen LogP contribution in [-0.2, 0) is 4.79 Å². The highest BCUT2D eigenvalue weighted by molar-refractivity contribution is 7.99. The first kappa shape index (κ1) is 18.5. The maximum absolute atomic E-state index is 12.2. The van der Waals surface area contributed by atoms with Crippen LogP contribution in [0.1, 0.15) is 25.8 Å². The van der Waals surface area contributed by atoms with E-state index in [-0.39, 0.29) is 18.6 Å². The number of aliphatic hydroxyl groups is 1. The summed E-state index contributed by atoms with van der Waals surface area (Å²) in [5, 5.41) is 12.9. The lowest BCUT2D eigenvalue weighted by Gasteiger charge is -2.21. The largest absolute Gasteiger partial charge is 0.396 e. The SMILES string of the molecule is Cc1ccccc1-n1ccnc1SCC(=O)NC(CCO)C(C)C. The van der Waals surface area contributed by atoms with E-state index in [4.69, 9.17) is 5.11 Å². The first-order chi connectivity index (χ1) is 11.5. The Kier molecular flexibility index (Phi) is 6.87. The van der Waals surface area contributed by atoms with Crippen molar-refractivity contribution in [3.8, 4) is 5.69 Å². The summed E-state index contributed by atoms with van der Waals surface area (Å²) in [5.41, 5.74) is 2.22. The van der Waals surface area contributed by atoms with Gasteiger partial charge in [-0.3, -0.25) is 9.36 Å². The summed E-state index contributed by atoms with van der Waals surface area (Å²) >= 11 is 1.41. The maximum atomic E-state index is 12.2. The molecule has 0 saturated carbocycles. The second kappa shape index (κ2) is 8.89. The lowest BCUT2D eigenvalue weighted by Crippen LogP contribution is -2.40. The third-order valence-corrected chi connectivity index (χ3v) is 4.87. The Morgan fingerprint density at radius 3 is 2.79 bits per heavy atom. The van der Waals surface area contributed by atoms with Gasteiger partial charge in [-0.1, -0.05) is 43.8 Å². The molecular formula is C18H25N3O2S. The van der Waals surface area contributed by atoms with E-state index in [1.165, 1.54) is 11.8 Å². The van der Waals surface area contributed by atoms with E-state index in [0.717, 1.165) is 16.4 Å². The summed E-state index contributed by atoms with van der Waals surface area (Å²) < 4.78 is 2.00. The molecule has 1 aromatic carbocycles. The first-order valence-corrected chi connectivity index (χ1v) is 9.14. The van der Waals surface area contributed by atoms with Crippen LogP contribution in [0.3, 0.4) is 0 Å². The summed E-state index contributed by atoms with van der Waals surface area (Å²) in [6, 6.07) is 8.09. The zero-order valence-corrected chi connectivity index (χ0v) is 15.2.